The van der Waals surface area contributed by atoms with Gasteiger partial charge in [0.05, 0.1) is 0 Å². The standard InChI is InChI=1S/C3H5N2O/c1-5-3-2-4-6-5/h2-3H,1H3/q+1. The maximum atomic E-state index is 4.50. The van der Waals surface area contributed by atoms with Crippen molar-refractivity contribution in [1.29, 1.82) is 0 Å². The van der Waals surface area contributed by atoms with E-state index in [-0.39, 0.29) is 0 Å². The van der Waals surface area contributed by atoms with Gasteiger partial charge in [-0.05, 0) is 0 Å². The molecule has 0 saturated carbocycles. The summed E-state index contributed by atoms with van der Waals surface area (Å²) in [5.74, 6) is 0. The lowest BCUT2D eigenvalue weighted by Crippen LogP contribution is -2.22. The number of aryl methyl sites for hydroxylation is 1. The second-order valence-corrected chi connectivity index (χ2v) is 1.03. The van der Waals surface area contributed by atoms with Crippen molar-refractivity contribution in [2.24, 2.45) is 7.05 Å². The molecule has 1 heterocycles. The van der Waals surface area contributed by atoms with Crippen molar-refractivity contribution in [2.45, 2.75) is 0 Å². The molecule has 1 aromatic heterocycles. The van der Waals surface area contributed by atoms with Gasteiger partial charge in [0.2, 0.25) is 6.20 Å². The minimum atomic E-state index is 1.51. The van der Waals surface area contributed by atoms with Gasteiger partial charge in [-0.1, -0.05) is 9.37 Å². The van der Waals surface area contributed by atoms with E-state index in [1.54, 1.807) is 19.4 Å². The SMILES string of the molecule is C[n+]1ccno1. The second-order valence-electron chi connectivity index (χ2n) is 1.03. The van der Waals surface area contributed by atoms with Crippen molar-refractivity contribution < 1.29 is 9.37 Å². The zero-order valence-electron chi connectivity index (χ0n) is 3.46. The molecule has 0 atom stereocenters. The van der Waals surface area contributed by atoms with Gasteiger partial charge in [-0.15, -0.1) is 0 Å². The first kappa shape index (κ1) is 3.33. The lowest BCUT2D eigenvalue weighted by molar-refractivity contribution is -0.854. The molecule has 3 heteroatoms. The van der Waals surface area contributed by atoms with Crippen molar-refractivity contribution in [3.05, 3.63) is 12.4 Å². The molecule has 1 aromatic rings. The molecule has 6 heavy (non-hydrogen) atoms. The summed E-state index contributed by atoms with van der Waals surface area (Å²) >= 11 is 0. The average molecular weight is 85.1 g/mol. The zero-order valence-corrected chi connectivity index (χ0v) is 3.46. The van der Waals surface area contributed by atoms with Crippen LogP contribution in [0.4, 0.5) is 0 Å². The molecule has 3 nitrogen and oxygen atoms in total. The minimum Gasteiger partial charge on any atom is -0.0857 e. The smallest absolute Gasteiger partial charge is 0.0857 e. The summed E-state index contributed by atoms with van der Waals surface area (Å²) in [6.07, 6.45) is 3.31. The quantitative estimate of drug-likeness (QED) is 0.397. The third kappa shape index (κ3) is 0.381. The van der Waals surface area contributed by atoms with Gasteiger partial charge in [0.15, 0.2) is 11.4 Å². The van der Waals surface area contributed by atoms with Crippen LogP contribution in [0.2, 0.25) is 0 Å². The number of hydrogen-bond acceptors (Lipinski definition) is 2. The van der Waals surface area contributed by atoms with Crippen LogP contribution >= 0.6 is 0 Å². The maximum Gasteiger partial charge on any atom is 0.230 e. The van der Waals surface area contributed by atoms with Crippen LogP contribution in [0.5, 0.6) is 0 Å². The van der Waals surface area contributed by atoms with E-state index in [1.165, 1.54) is 4.74 Å². The van der Waals surface area contributed by atoms with Crippen molar-refractivity contribution in [3.8, 4) is 0 Å². The van der Waals surface area contributed by atoms with Gasteiger partial charge in [0, 0.05) is 0 Å². The fraction of sp³-hybridized carbons (Fsp3) is 0.333. The Labute approximate surface area is 35.1 Å². The number of rotatable bonds is 0. The average Bonchev–Trinajstić information content (AvgIpc) is 1.86. The molecular weight excluding hydrogens is 80.0 g/mol. The Morgan fingerprint density at radius 1 is 1.83 bits per heavy atom. The van der Waals surface area contributed by atoms with Crippen LogP contribution in [-0.4, -0.2) is 5.16 Å². The van der Waals surface area contributed by atoms with Crippen molar-refractivity contribution in [3.63, 3.8) is 0 Å². The summed E-state index contributed by atoms with van der Waals surface area (Å²) in [6, 6.07) is 0. The van der Waals surface area contributed by atoms with Gasteiger partial charge in [0.25, 0.3) is 0 Å². The van der Waals surface area contributed by atoms with E-state index < -0.39 is 0 Å². The first-order valence-corrected chi connectivity index (χ1v) is 1.66. The topological polar surface area (TPSA) is 29.9 Å². The Hall–Kier alpha value is -0.860. The Bertz CT molecular complexity index is 112. The summed E-state index contributed by atoms with van der Waals surface area (Å²) in [4.78, 5) is 0. The van der Waals surface area contributed by atoms with Gasteiger partial charge in [-0.25, -0.2) is 0 Å². The van der Waals surface area contributed by atoms with Gasteiger partial charge in [-0.3, -0.25) is 0 Å². The van der Waals surface area contributed by atoms with Crippen LogP contribution in [0.15, 0.2) is 17.0 Å². The Balaban J connectivity index is 3.05. The van der Waals surface area contributed by atoms with Crippen LogP contribution in [0.1, 0.15) is 0 Å². The second kappa shape index (κ2) is 1.08. The third-order valence-corrected chi connectivity index (χ3v) is 0.513. The van der Waals surface area contributed by atoms with Crippen molar-refractivity contribution >= 4 is 0 Å². The predicted octanol–water partition coefficient (Wildman–Crippen LogP) is -0.501. The van der Waals surface area contributed by atoms with Crippen molar-refractivity contribution in [1.82, 2.24) is 5.16 Å². The highest BCUT2D eigenvalue weighted by atomic mass is 16.6. The van der Waals surface area contributed by atoms with E-state index in [9.17, 15) is 0 Å². The molecule has 0 amide bonds. The summed E-state index contributed by atoms with van der Waals surface area (Å²) in [5, 5.41) is 3.41. The van der Waals surface area contributed by atoms with E-state index >= 15 is 0 Å². The van der Waals surface area contributed by atoms with Crippen LogP contribution in [-0.2, 0) is 7.05 Å². The highest BCUT2D eigenvalue weighted by molar-refractivity contribution is 4.44. The largest absolute Gasteiger partial charge is 0.230 e. The molecule has 0 bridgehead atoms. The summed E-state index contributed by atoms with van der Waals surface area (Å²) in [5.41, 5.74) is 0. The monoisotopic (exact) mass is 85.0 g/mol. The lowest BCUT2D eigenvalue weighted by atomic mass is 10.9. The van der Waals surface area contributed by atoms with Crippen LogP contribution < -0.4 is 4.74 Å². The fourth-order valence-corrected chi connectivity index (χ4v) is 0.250. The van der Waals surface area contributed by atoms with E-state index in [0.717, 1.165) is 0 Å². The highest BCUT2D eigenvalue weighted by Crippen LogP contribution is 1.59. The van der Waals surface area contributed by atoms with Crippen LogP contribution in [0.25, 0.3) is 0 Å². The summed E-state index contributed by atoms with van der Waals surface area (Å²) < 4.78 is 6.01. The molecule has 0 aliphatic rings. The van der Waals surface area contributed by atoms with Gasteiger partial charge < -0.3 is 0 Å². The maximum absolute atomic E-state index is 4.50. The van der Waals surface area contributed by atoms with E-state index in [1.807, 2.05) is 0 Å². The summed E-state index contributed by atoms with van der Waals surface area (Å²) in [7, 11) is 1.77. The third-order valence-electron chi connectivity index (χ3n) is 0.513. The molecule has 0 unspecified atom stereocenters. The molecule has 0 fully saturated rings. The molecule has 0 aromatic carbocycles. The number of hydrogen-bond donors (Lipinski definition) is 0. The molecule has 0 aliphatic heterocycles. The van der Waals surface area contributed by atoms with Gasteiger partial charge >= 0.3 is 0 Å². The minimum absolute atomic E-state index is 1.51. The zero-order chi connectivity index (χ0) is 4.41. The molecule has 0 spiro atoms. The fourth-order valence-electron chi connectivity index (χ4n) is 0.250. The number of aromatic nitrogens is 2. The van der Waals surface area contributed by atoms with Crippen LogP contribution in [0, 0.1) is 0 Å². The van der Waals surface area contributed by atoms with Gasteiger partial charge in [-0.2, -0.15) is 0 Å². The normalized spacial score (nSPS) is 8.83. The first-order valence-electron chi connectivity index (χ1n) is 1.66. The molecule has 0 aliphatic carbocycles. The molecule has 32 valence electrons. The van der Waals surface area contributed by atoms with E-state index in [0.29, 0.717) is 0 Å². The molecule has 0 radical (unpaired) electrons. The Morgan fingerprint density at radius 3 is 2.83 bits per heavy atom. The van der Waals surface area contributed by atoms with Gasteiger partial charge in [0.1, 0.15) is 7.05 Å². The molecule has 1 rings (SSSR count). The van der Waals surface area contributed by atoms with Crippen molar-refractivity contribution in [2.75, 3.05) is 0 Å². The first-order chi connectivity index (χ1) is 2.89. The molecular formula is C3H5N2O+. The van der Waals surface area contributed by atoms with Crippen LogP contribution in [0.3, 0.4) is 0 Å². The summed E-state index contributed by atoms with van der Waals surface area (Å²) in [6.45, 7) is 0. The van der Waals surface area contributed by atoms with E-state index in [4.69, 9.17) is 0 Å². The Morgan fingerprint density at radius 2 is 2.67 bits per heavy atom. The molecule has 0 saturated heterocycles. The lowest BCUT2D eigenvalue weighted by Gasteiger charge is -1.61. The number of nitrogens with zero attached hydrogens (tertiary/aromatic N) is 2. The highest BCUT2D eigenvalue weighted by Gasteiger charge is 1.85. The van der Waals surface area contributed by atoms with E-state index in [2.05, 4.69) is 9.79 Å². The predicted molar refractivity (Wildman–Crippen MR) is 17.7 cm³/mol. The molecule has 0 N–H and O–H groups in total. The Kier molecular flexibility index (Phi) is 0.602.